The fourth-order valence-corrected chi connectivity index (χ4v) is 0.313. The molecule has 0 aromatic carbocycles. The third kappa shape index (κ3) is 0.927. The van der Waals surface area contributed by atoms with Crippen LogP contribution in [0.2, 0.25) is 0 Å². The summed E-state index contributed by atoms with van der Waals surface area (Å²) in [6.07, 6.45) is 0.412. The number of nitrogens with two attached hydrogens (primary N) is 1. The van der Waals surface area contributed by atoms with Gasteiger partial charge in [0.05, 0.1) is 6.34 Å². The quantitative estimate of drug-likeness (QED) is 0.412. The van der Waals surface area contributed by atoms with Gasteiger partial charge in [-0.05, 0) is 0 Å². The van der Waals surface area contributed by atoms with Crippen LogP contribution in [0.1, 0.15) is 0 Å². The molecule has 1 rings (SSSR count). The van der Waals surface area contributed by atoms with Gasteiger partial charge in [0.15, 0.2) is 0 Å². The van der Waals surface area contributed by atoms with Gasteiger partial charge >= 0.3 is 6.42 Å². The summed E-state index contributed by atoms with van der Waals surface area (Å²) in [4.78, 5) is 6.53. The van der Waals surface area contributed by atoms with Gasteiger partial charge < -0.3 is 11.1 Å². The summed E-state index contributed by atoms with van der Waals surface area (Å²) >= 11 is 0. The van der Waals surface area contributed by atoms with Crippen LogP contribution in [0.3, 0.4) is 0 Å². The van der Waals surface area contributed by atoms with E-state index >= 15 is 0 Å². The number of halogens is 1. The minimum atomic E-state index is -0.725. The van der Waals surface area contributed by atoms with Crippen molar-refractivity contribution in [2.45, 2.75) is 0 Å². The Hall–Kier alpha value is -1.13. The molecule has 43 valence electrons. The Morgan fingerprint density at radius 1 is 1.75 bits per heavy atom. The highest BCUT2D eigenvalue weighted by Crippen LogP contribution is 1.98. The number of hydrogen-bond donors (Lipinski definition) is 2. The van der Waals surface area contributed by atoms with Crippen molar-refractivity contribution < 1.29 is 4.39 Å². The molecule has 0 amide bonds. The van der Waals surface area contributed by atoms with E-state index in [2.05, 4.69) is 15.3 Å². The number of aliphatic imine (C=N–C) groups is 2. The van der Waals surface area contributed by atoms with Gasteiger partial charge in [-0.25, -0.2) is 4.99 Å². The molecule has 0 aliphatic carbocycles. The Bertz CT molecular complexity index is 140. The van der Waals surface area contributed by atoms with Crippen LogP contribution in [0, 0.1) is 6.42 Å². The maximum atomic E-state index is 11.9. The maximum Gasteiger partial charge on any atom is 0.354 e. The van der Waals surface area contributed by atoms with E-state index in [1.54, 1.807) is 0 Å². The van der Waals surface area contributed by atoms with Crippen molar-refractivity contribution in [1.29, 1.82) is 0 Å². The minimum absolute atomic E-state index is 0.0683. The Kier molecular flexibility index (Phi) is 1.11. The third-order valence-electron chi connectivity index (χ3n) is 0.593. The van der Waals surface area contributed by atoms with Gasteiger partial charge in [0.1, 0.15) is 0 Å². The van der Waals surface area contributed by atoms with Crippen molar-refractivity contribution in [3.05, 3.63) is 6.42 Å². The van der Waals surface area contributed by atoms with E-state index < -0.39 is 6.42 Å². The Morgan fingerprint density at radius 2 is 2.50 bits per heavy atom. The molecule has 8 heavy (non-hydrogen) atoms. The second-order valence-electron chi connectivity index (χ2n) is 1.16. The predicted molar refractivity (Wildman–Crippen MR) is 27.6 cm³/mol. The highest BCUT2D eigenvalue weighted by Gasteiger charge is 2.06. The summed E-state index contributed by atoms with van der Waals surface area (Å²) < 4.78 is 11.9. The Balaban J connectivity index is 2.63. The zero-order chi connectivity index (χ0) is 5.98. The molecule has 0 atom stereocenters. The number of nitrogens with zero attached hydrogens (tertiary/aromatic N) is 2. The molecule has 1 aliphatic heterocycles. The lowest BCUT2D eigenvalue weighted by atomic mass is 10.8. The van der Waals surface area contributed by atoms with Crippen LogP contribution in [0.4, 0.5) is 4.39 Å². The molecule has 5 heteroatoms. The fraction of sp³-hybridized carbons (Fsp3) is 0. The topological polar surface area (TPSA) is 62.8 Å². The first-order valence-electron chi connectivity index (χ1n) is 1.95. The molecule has 3 N–H and O–H groups in total. The number of guanidine groups is 1. The van der Waals surface area contributed by atoms with Crippen LogP contribution in [-0.2, 0) is 0 Å². The molecular formula is C3H4FN4. The zero-order valence-electron chi connectivity index (χ0n) is 3.93. The average molecular weight is 115 g/mol. The molecule has 4 nitrogen and oxygen atoms in total. The van der Waals surface area contributed by atoms with Crippen molar-refractivity contribution in [2.24, 2.45) is 15.7 Å². The number of nitrogens with one attached hydrogen (secondary N) is 1. The van der Waals surface area contributed by atoms with E-state index in [-0.39, 0.29) is 5.96 Å². The van der Waals surface area contributed by atoms with Gasteiger partial charge in [0, 0.05) is 0 Å². The smallest absolute Gasteiger partial charge is 0.354 e. The second-order valence-corrected chi connectivity index (χ2v) is 1.16. The maximum absolute atomic E-state index is 11.9. The SMILES string of the molecule is NC1=N[C](F)NC=N1. The van der Waals surface area contributed by atoms with E-state index in [1.807, 2.05) is 0 Å². The summed E-state index contributed by atoms with van der Waals surface area (Å²) in [5, 5.41) is 2.10. The average Bonchev–Trinajstić information content (AvgIpc) is 1.64. The van der Waals surface area contributed by atoms with Crippen LogP contribution >= 0.6 is 0 Å². The molecule has 0 aromatic rings. The van der Waals surface area contributed by atoms with Crippen molar-refractivity contribution in [3.63, 3.8) is 0 Å². The normalized spacial score (nSPS) is 19.9. The van der Waals surface area contributed by atoms with Crippen LogP contribution in [0.5, 0.6) is 0 Å². The molecule has 0 bridgehead atoms. The number of hydrogen-bond acceptors (Lipinski definition) is 4. The molecule has 0 fully saturated rings. The van der Waals surface area contributed by atoms with Crippen molar-refractivity contribution >= 4 is 12.3 Å². The molecule has 1 radical (unpaired) electrons. The highest BCUT2D eigenvalue weighted by atomic mass is 19.1. The van der Waals surface area contributed by atoms with Gasteiger partial charge in [-0.1, -0.05) is 0 Å². The van der Waals surface area contributed by atoms with Crippen molar-refractivity contribution in [1.82, 2.24) is 5.32 Å². The monoisotopic (exact) mass is 115 g/mol. The molecular weight excluding hydrogens is 111 g/mol. The Morgan fingerprint density at radius 3 is 2.88 bits per heavy atom. The van der Waals surface area contributed by atoms with Crippen LogP contribution in [0.25, 0.3) is 0 Å². The van der Waals surface area contributed by atoms with Crippen LogP contribution in [-0.4, -0.2) is 12.3 Å². The first-order valence-corrected chi connectivity index (χ1v) is 1.95. The van der Waals surface area contributed by atoms with E-state index in [1.165, 1.54) is 0 Å². The molecule has 1 aliphatic rings. The lowest BCUT2D eigenvalue weighted by Crippen LogP contribution is -2.24. The molecule has 0 saturated heterocycles. The lowest BCUT2D eigenvalue weighted by molar-refractivity contribution is 0.462. The summed E-state index contributed by atoms with van der Waals surface area (Å²) in [7, 11) is 0. The third-order valence-corrected chi connectivity index (χ3v) is 0.593. The van der Waals surface area contributed by atoms with E-state index in [0.29, 0.717) is 0 Å². The molecule has 0 aromatic heterocycles. The zero-order valence-corrected chi connectivity index (χ0v) is 3.93. The highest BCUT2D eigenvalue weighted by molar-refractivity contribution is 5.88. The van der Waals surface area contributed by atoms with Crippen molar-refractivity contribution in [3.8, 4) is 0 Å². The summed E-state index contributed by atoms with van der Waals surface area (Å²) in [5.74, 6) is -0.0683. The largest absolute Gasteiger partial charge is 0.368 e. The molecule has 0 spiro atoms. The first kappa shape index (κ1) is 5.02. The van der Waals surface area contributed by atoms with Gasteiger partial charge in [-0.3, -0.25) is 0 Å². The second kappa shape index (κ2) is 1.77. The molecule has 0 unspecified atom stereocenters. The summed E-state index contributed by atoms with van der Waals surface area (Å²) in [6, 6.07) is 0. The minimum Gasteiger partial charge on any atom is -0.368 e. The Labute approximate surface area is 45.3 Å². The first-order chi connectivity index (χ1) is 3.79. The lowest BCUT2D eigenvalue weighted by Gasteiger charge is -2.03. The van der Waals surface area contributed by atoms with E-state index in [4.69, 9.17) is 5.73 Å². The van der Waals surface area contributed by atoms with Gasteiger partial charge in [-0.15, -0.1) is 0 Å². The van der Waals surface area contributed by atoms with Crippen molar-refractivity contribution in [2.75, 3.05) is 0 Å². The van der Waals surface area contributed by atoms with Gasteiger partial charge in [0.25, 0.3) is 0 Å². The van der Waals surface area contributed by atoms with E-state index in [0.717, 1.165) is 6.34 Å². The molecule has 1 heterocycles. The summed E-state index contributed by atoms with van der Waals surface area (Å²) in [5.41, 5.74) is 4.98. The van der Waals surface area contributed by atoms with Crippen LogP contribution < -0.4 is 11.1 Å². The fourth-order valence-electron chi connectivity index (χ4n) is 0.313. The van der Waals surface area contributed by atoms with Crippen LogP contribution in [0.15, 0.2) is 9.98 Å². The number of rotatable bonds is 0. The molecule has 0 saturated carbocycles. The summed E-state index contributed by atoms with van der Waals surface area (Å²) in [6.45, 7) is 0. The predicted octanol–water partition coefficient (Wildman–Crippen LogP) is -0.651. The van der Waals surface area contributed by atoms with E-state index in [9.17, 15) is 4.39 Å². The standard InChI is InChI=1S/C3H4FN4/c4-2-6-1-7-3(5)8-2/h1H,(H3,5,6,7,8). The van der Waals surface area contributed by atoms with Gasteiger partial charge in [0.2, 0.25) is 5.96 Å². The van der Waals surface area contributed by atoms with Gasteiger partial charge in [-0.2, -0.15) is 9.38 Å².